The van der Waals surface area contributed by atoms with Crippen molar-refractivity contribution in [2.24, 2.45) is 5.92 Å². The lowest BCUT2D eigenvalue weighted by molar-refractivity contribution is -0.114. The zero-order valence-corrected chi connectivity index (χ0v) is 19.9. The van der Waals surface area contributed by atoms with Gasteiger partial charge in [-0.25, -0.2) is 9.97 Å². The molecule has 1 aromatic carbocycles. The van der Waals surface area contributed by atoms with Crippen molar-refractivity contribution in [1.29, 1.82) is 0 Å². The molecule has 3 rings (SSSR count). The molecule has 9 heteroatoms. The molecule has 0 spiro atoms. The van der Waals surface area contributed by atoms with Crippen LogP contribution in [0.2, 0.25) is 0 Å². The Morgan fingerprint density at radius 3 is 2.64 bits per heavy atom. The molecule has 1 aliphatic heterocycles. The molecule has 0 radical (unpaired) electrons. The van der Waals surface area contributed by atoms with Gasteiger partial charge in [0.1, 0.15) is 18.7 Å². The van der Waals surface area contributed by atoms with Crippen LogP contribution in [-0.4, -0.2) is 77.6 Å². The normalized spacial score (nSPS) is 22.5. The molecule has 178 valence electrons. The average molecular weight is 456 g/mol. The van der Waals surface area contributed by atoms with Gasteiger partial charge in [-0.2, -0.15) is 0 Å². The molecule has 0 fully saturated rings. The molecule has 0 bridgehead atoms. The van der Waals surface area contributed by atoms with Gasteiger partial charge in [0.2, 0.25) is 5.91 Å². The number of benzene rings is 1. The van der Waals surface area contributed by atoms with Gasteiger partial charge in [-0.05, 0) is 31.0 Å². The van der Waals surface area contributed by atoms with Gasteiger partial charge in [-0.15, -0.1) is 0 Å². The van der Waals surface area contributed by atoms with E-state index in [1.54, 1.807) is 37.3 Å². The number of likely N-dealkylation sites (N-methyl/N-ethyl adjacent to an activating group) is 1. The second-order valence-electron chi connectivity index (χ2n) is 8.67. The molecule has 0 aliphatic carbocycles. The lowest BCUT2D eigenvalue weighted by Crippen LogP contribution is -2.46. The van der Waals surface area contributed by atoms with Gasteiger partial charge >= 0.3 is 0 Å². The predicted octanol–water partition coefficient (Wildman–Crippen LogP) is 2.44. The third-order valence-electron chi connectivity index (χ3n) is 5.89. The predicted molar refractivity (Wildman–Crippen MR) is 125 cm³/mol. The van der Waals surface area contributed by atoms with Crippen molar-refractivity contribution < 1.29 is 19.1 Å². The van der Waals surface area contributed by atoms with Crippen LogP contribution >= 0.6 is 0 Å². The number of nitrogens with one attached hydrogen (secondary N) is 1. The lowest BCUT2D eigenvalue weighted by atomic mass is 10.0. The molecule has 1 aromatic heterocycles. The second kappa shape index (κ2) is 11.2. The summed E-state index contributed by atoms with van der Waals surface area (Å²) >= 11 is 0. The number of rotatable bonds is 4. The molecule has 0 saturated carbocycles. The van der Waals surface area contributed by atoms with Crippen molar-refractivity contribution in [1.82, 2.24) is 19.8 Å². The number of carbonyl (C=O) groups excluding carboxylic acids is 2. The van der Waals surface area contributed by atoms with E-state index in [1.807, 2.05) is 12.4 Å². The number of hydrogen-bond acceptors (Lipinski definition) is 7. The Kier molecular flexibility index (Phi) is 8.35. The van der Waals surface area contributed by atoms with E-state index in [1.165, 1.54) is 13.3 Å². The van der Waals surface area contributed by atoms with Gasteiger partial charge in [-0.1, -0.05) is 6.92 Å². The van der Waals surface area contributed by atoms with E-state index in [9.17, 15) is 9.59 Å². The van der Waals surface area contributed by atoms with E-state index in [0.29, 0.717) is 36.7 Å². The minimum absolute atomic E-state index is 0.0558. The third kappa shape index (κ3) is 6.49. The number of anilines is 1. The number of amides is 2. The second-order valence-corrected chi connectivity index (χ2v) is 8.67. The molecule has 33 heavy (non-hydrogen) atoms. The topological polar surface area (TPSA) is 96.9 Å². The van der Waals surface area contributed by atoms with Crippen molar-refractivity contribution in [3.8, 4) is 5.75 Å². The van der Waals surface area contributed by atoms with Crippen LogP contribution in [-0.2, 0) is 16.1 Å². The molecule has 1 aliphatic rings. The van der Waals surface area contributed by atoms with Crippen molar-refractivity contribution >= 4 is 17.5 Å². The lowest BCUT2D eigenvalue weighted by Gasteiger charge is -2.36. The number of aromatic nitrogens is 2. The third-order valence-corrected chi connectivity index (χ3v) is 5.89. The van der Waals surface area contributed by atoms with Gasteiger partial charge in [0, 0.05) is 70.4 Å². The summed E-state index contributed by atoms with van der Waals surface area (Å²) < 4.78 is 11.9. The van der Waals surface area contributed by atoms with Crippen molar-refractivity contribution in [3.05, 3.63) is 48.0 Å². The number of hydrogen-bond donors (Lipinski definition) is 1. The van der Waals surface area contributed by atoms with E-state index in [4.69, 9.17) is 9.47 Å². The summed E-state index contributed by atoms with van der Waals surface area (Å²) in [6.07, 6.45) is 5.01. The molecule has 2 amide bonds. The molecule has 1 N–H and O–H groups in total. The van der Waals surface area contributed by atoms with Crippen LogP contribution < -0.4 is 10.1 Å². The maximum Gasteiger partial charge on any atom is 0.257 e. The Morgan fingerprint density at radius 2 is 1.97 bits per heavy atom. The minimum atomic E-state index is -0.202. The van der Waals surface area contributed by atoms with Crippen LogP contribution in [0.3, 0.4) is 0 Å². The van der Waals surface area contributed by atoms with Crippen molar-refractivity contribution in [2.45, 2.75) is 39.5 Å². The largest absolute Gasteiger partial charge is 0.491 e. The smallest absolute Gasteiger partial charge is 0.257 e. The number of methoxy groups -OCH3 is 1. The Balaban J connectivity index is 1.94. The number of ether oxygens (including phenoxy) is 2. The summed E-state index contributed by atoms with van der Waals surface area (Å²) in [6, 6.07) is 5.19. The molecule has 0 saturated heterocycles. The van der Waals surface area contributed by atoms with Crippen LogP contribution in [0.5, 0.6) is 5.75 Å². The van der Waals surface area contributed by atoms with Gasteiger partial charge in [0.05, 0.1) is 11.7 Å². The maximum absolute atomic E-state index is 13.3. The monoisotopic (exact) mass is 455 g/mol. The maximum atomic E-state index is 13.3. The van der Waals surface area contributed by atoms with Crippen LogP contribution in [0.25, 0.3) is 0 Å². The quantitative estimate of drug-likeness (QED) is 0.756. The highest BCUT2D eigenvalue weighted by Gasteiger charge is 2.28. The molecule has 2 heterocycles. The average Bonchev–Trinajstić information content (AvgIpc) is 2.80. The summed E-state index contributed by atoms with van der Waals surface area (Å²) in [5.74, 6) is 0.255. The highest BCUT2D eigenvalue weighted by atomic mass is 16.5. The summed E-state index contributed by atoms with van der Waals surface area (Å²) in [4.78, 5) is 37.1. The fourth-order valence-corrected chi connectivity index (χ4v) is 4.00. The molecule has 0 unspecified atom stereocenters. The summed E-state index contributed by atoms with van der Waals surface area (Å²) in [5.41, 5.74) is 1.97. The number of fused-ring (bicyclic) bond motifs is 1. The van der Waals surface area contributed by atoms with Gasteiger partial charge < -0.3 is 19.7 Å². The van der Waals surface area contributed by atoms with E-state index >= 15 is 0 Å². The number of nitrogens with zero attached hydrogens (tertiary/aromatic N) is 4. The first-order valence-corrected chi connectivity index (χ1v) is 11.1. The Bertz CT molecular complexity index is 955. The molecular weight excluding hydrogens is 422 g/mol. The van der Waals surface area contributed by atoms with Gasteiger partial charge in [0.25, 0.3) is 5.91 Å². The van der Waals surface area contributed by atoms with Crippen LogP contribution in [0.1, 0.15) is 36.7 Å². The molecule has 3 atom stereocenters. The summed E-state index contributed by atoms with van der Waals surface area (Å²) in [6.45, 7) is 7.91. The Labute approximate surface area is 195 Å². The van der Waals surface area contributed by atoms with Gasteiger partial charge in [-0.3, -0.25) is 14.5 Å². The summed E-state index contributed by atoms with van der Waals surface area (Å²) in [5, 5.41) is 2.74. The standard InChI is InChI=1S/C24H33N5O4/c1-16-11-29(12-19-9-25-15-26-10-19)17(2)14-33-22-7-6-20(27-18(3)30)8-21(22)24(31)28(4)13-23(16)32-5/h6-10,15-17,23H,11-14H2,1-5H3,(H,27,30)/t16-,17-,23-/m0/s1. The van der Waals surface area contributed by atoms with E-state index in [0.717, 1.165) is 12.1 Å². The van der Waals surface area contributed by atoms with Crippen molar-refractivity contribution in [3.63, 3.8) is 0 Å². The fraction of sp³-hybridized carbons (Fsp3) is 0.500. The van der Waals surface area contributed by atoms with Gasteiger partial charge in [0.15, 0.2) is 0 Å². The Hall–Kier alpha value is -3.04. The zero-order chi connectivity index (χ0) is 24.0. The fourth-order valence-electron chi connectivity index (χ4n) is 4.00. The van der Waals surface area contributed by atoms with E-state index in [-0.39, 0.29) is 29.9 Å². The first-order valence-electron chi connectivity index (χ1n) is 11.1. The highest BCUT2D eigenvalue weighted by molar-refractivity contribution is 5.99. The van der Waals surface area contributed by atoms with E-state index < -0.39 is 0 Å². The SMILES string of the molecule is CO[C@H]1CN(C)C(=O)c2cc(NC(C)=O)ccc2OC[C@H](C)N(Cc2cncnc2)C[C@@H]1C. The highest BCUT2D eigenvalue weighted by Crippen LogP contribution is 2.26. The Morgan fingerprint density at radius 1 is 1.24 bits per heavy atom. The van der Waals surface area contributed by atoms with E-state index in [2.05, 4.69) is 34.0 Å². The van der Waals surface area contributed by atoms with Crippen LogP contribution in [0, 0.1) is 5.92 Å². The van der Waals surface area contributed by atoms with Crippen molar-refractivity contribution in [2.75, 3.05) is 39.2 Å². The molecule has 9 nitrogen and oxygen atoms in total. The molecule has 2 aromatic rings. The summed E-state index contributed by atoms with van der Waals surface area (Å²) in [7, 11) is 3.43. The zero-order valence-electron chi connectivity index (χ0n) is 19.9. The van der Waals surface area contributed by atoms with Crippen LogP contribution in [0.15, 0.2) is 36.9 Å². The van der Waals surface area contributed by atoms with Crippen LogP contribution in [0.4, 0.5) is 5.69 Å². The first-order chi connectivity index (χ1) is 15.8. The first kappa shape index (κ1) is 24.6. The minimum Gasteiger partial charge on any atom is -0.491 e. The number of carbonyl (C=O) groups is 2. The molecular formula is C24H33N5O4.